The van der Waals surface area contributed by atoms with Crippen LogP contribution in [-0.2, 0) is 6.42 Å². The van der Waals surface area contributed by atoms with E-state index < -0.39 is 0 Å². The van der Waals surface area contributed by atoms with Crippen LogP contribution in [0.5, 0.6) is 0 Å². The molecule has 0 aromatic heterocycles. The second-order valence-electron chi connectivity index (χ2n) is 2.56. The van der Waals surface area contributed by atoms with Crippen LogP contribution in [0.25, 0.3) is 0 Å². The van der Waals surface area contributed by atoms with E-state index >= 15 is 0 Å². The predicted octanol–water partition coefficient (Wildman–Crippen LogP) is 2.78. The molecule has 0 N–H and O–H groups in total. The molecule has 0 aliphatic heterocycles. The van der Waals surface area contributed by atoms with Gasteiger partial charge in [-0.25, -0.2) is 0 Å². The molecule has 0 heterocycles. The first-order valence-corrected chi connectivity index (χ1v) is 3.94. The molecule has 1 radical (unpaired) electrons. The van der Waals surface area contributed by atoms with Gasteiger partial charge in [-0.2, -0.15) is 0 Å². The third-order valence-electron chi connectivity index (χ3n) is 1.62. The van der Waals surface area contributed by atoms with Crippen molar-refractivity contribution in [2.75, 3.05) is 6.67 Å². The van der Waals surface area contributed by atoms with E-state index in [0.29, 0.717) is 6.42 Å². The molecule has 1 rings (SSSR count). The Morgan fingerprint density at radius 2 is 2.27 bits per heavy atom. The van der Waals surface area contributed by atoms with E-state index in [1.807, 2.05) is 18.2 Å². The Kier molecular flexibility index (Phi) is 3.67. The van der Waals surface area contributed by atoms with Crippen LogP contribution in [0, 0.1) is 6.07 Å². The highest BCUT2D eigenvalue weighted by Crippen LogP contribution is 2.03. The smallest absolute Gasteiger partial charge is 0.0894 e. The van der Waals surface area contributed by atoms with Crippen LogP contribution in [-0.4, -0.2) is 6.67 Å². The van der Waals surface area contributed by atoms with Gasteiger partial charge in [0.1, 0.15) is 0 Å². The van der Waals surface area contributed by atoms with Gasteiger partial charge in [0.05, 0.1) is 6.67 Å². The van der Waals surface area contributed by atoms with Crippen molar-refractivity contribution < 1.29 is 4.39 Å². The molecule has 0 bridgehead atoms. The van der Waals surface area contributed by atoms with Crippen molar-refractivity contribution in [3.05, 3.63) is 35.9 Å². The summed E-state index contributed by atoms with van der Waals surface area (Å²) in [5.41, 5.74) is 1.25. The fraction of sp³-hybridized carbons (Fsp3) is 0.400. The van der Waals surface area contributed by atoms with Crippen LogP contribution < -0.4 is 0 Å². The minimum absolute atomic E-state index is 0.198. The zero-order valence-electron chi connectivity index (χ0n) is 6.52. The Hall–Kier alpha value is -0.850. The molecule has 0 amide bonds. The number of hydrogen-bond donors (Lipinski definition) is 0. The Morgan fingerprint density at radius 1 is 1.36 bits per heavy atom. The first-order valence-electron chi connectivity index (χ1n) is 3.94. The maximum atomic E-state index is 11.7. The van der Waals surface area contributed by atoms with Crippen molar-refractivity contribution in [1.82, 2.24) is 0 Å². The first-order chi connectivity index (χ1) is 5.43. The molecule has 0 saturated heterocycles. The van der Waals surface area contributed by atoms with E-state index in [-0.39, 0.29) is 6.67 Å². The van der Waals surface area contributed by atoms with Gasteiger partial charge in [0, 0.05) is 0 Å². The van der Waals surface area contributed by atoms with Crippen LogP contribution in [0.2, 0.25) is 0 Å². The molecule has 11 heavy (non-hydrogen) atoms. The van der Waals surface area contributed by atoms with Crippen molar-refractivity contribution >= 4 is 0 Å². The Labute approximate surface area is 67.1 Å². The van der Waals surface area contributed by atoms with Gasteiger partial charge in [-0.3, -0.25) is 4.39 Å². The summed E-state index contributed by atoms with van der Waals surface area (Å²) < 4.78 is 11.7. The molecule has 0 atom stereocenters. The highest BCUT2D eigenvalue weighted by atomic mass is 19.1. The zero-order valence-corrected chi connectivity index (χ0v) is 6.52. The van der Waals surface area contributed by atoms with Gasteiger partial charge in [-0.1, -0.05) is 24.3 Å². The molecule has 0 nitrogen and oxygen atoms in total. The van der Waals surface area contributed by atoms with E-state index in [2.05, 4.69) is 12.1 Å². The number of halogens is 1. The van der Waals surface area contributed by atoms with Crippen molar-refractivity contribution in [2.24, 2.45) is 0 Å². The van der Waals surface area contributed by atoms with Crippen LogP contribution >= 0.6 is 0 Å². The van der Waals surface area contributed by atoms with E-state index in [4.69, 9.17) is 0 Å². The highest BCUT2D eigenvalue weighted by molar-refractivity contribution is 5.13. The van der Waals surface area contributed by atoms with E-state index in [1.165, 1.54) is 5.56 Å². The predicted molar refractivity (Wildman–Crippen MR) is 44.2 cm³/mol. The first kappa shape index (κ1) is 8.25. The van der Waals surface area contributed by atoms with Crippen LogP contribution in [0.15, 0.2) is 24.3 Å². The van der Waals surface area contributed by atoms with Crippen LogP contribution in [0.4, 0.5) is 4.39 Å². The summed E-state index contributed by atoms with van der Waals surface area (Å²) in [7, 11) is 0. The number of aryl methyl sites for hydroxylation is 1. The molecule has 59 valence electrons. The summed E-state index contributed by atoms with van der Waals surface area (Å²) >= 11 is 0. The van der Waals surface area contributed by atoms with E-state index in [1.54, 1.807) is 0 Å². The summed E-state index contributed by atoms with van der Waals surface area (Å²) in [6, 6.07) is 10.8. The fourth-order valence-corrected chi connectivity index (χ4v) is 1.01. The van der Waals surface area contributed by atoms with Crippen molar-refractivity contribution in [3.63, 3.8) is 0 Å². The lowest BCUT2D eigenvalue weighted by atomic mass is 10.1. The molecular formula is C10H12F. The molecule has 0 unspecified atom stereocenters. The number of alkyl halides is 1. The van der Waals surface area contributed by atoms with E-state index in [0.717, 1.165) is 12.8 Å². The van der Waals surface area contributed by atoms with Crippen molar-refractivity contribution in [3.8, 4) is 0 Å². The molecular weight excluding hydrogens is 139 g/mol. The molecule has 0 aliphatic carbocycles. The largest absolute Gasteiger partial charge is 0.251 e. The van der Waals surface area contributed by atoms with Gasteiger partial charge in [-0.05, 0) is 30.9 Å². The van der Waals surface area contributed by atoms with Gasteiger partial charge >= 0.3 is 0 Å². The van der Waals surface area contributed by atoms with Gasteiger partial charge in [-0.15, -0.1) is 0 Å². The minimum atomic E-state index is -0.198. The summed E-state index contributed by atoms with van der Waals surface area (Å²) in [5.74, 6) is 0. The topological polar surface area (TPSA) is 0 Å². The summed E-state index contributed by atoms with van der Waals surface area (Å²) in [5, 5.41) is 0. The fourth-order valence-electron chi connectivity index (χ4n) is 1.01. The van der Waals surface area contributed by atoms with Crippen molar-refractivity contribution in [2.45, 2.75) is 19.3 Å². The minimum Gasteiger partial charge on any atom is -0.251 e. The number of rotatable bonds is 4. The number of unbranched alkanes of at least 4 members (excludes halogenated alkanes) is 1. The summed E-state index contributed by atoms with van der Waals surface area (Å²) in [4.78, 5) is 0. The molecule has 1 aromatic carbocycles. The summed E-state index contributed by atoms with van der Waals surface area (Å²) in [6.45, 7) is -0.198. The van der Waals surface area contributed by atoms with Gasteiger partial charge in [0.15, 0.2) is 0 Å². The van der Waals surface area contributed by atoms with Crippen LogP contribution in [0.1, 0.15) is 18.4 Å². The quantitative estimate of drug-likeness (QED) is 0.580. The number of benzene rings is 1. The molecule has 0 aliphatic rings. The maximum Gasteiger partial charge on any atom is 0.0894 e. The van der Waals surface area contributed by atoms with Gasteiger partial charge in [0.2, 0.25) is 0 Å². The zero-order chi connectivity index (χ0) is 7.94. The lowest BCUT2D eigenvalue weighted by Crippen LogP contribution is -1.85. The third-order valence-corrected chi connectivity index (χ3v) is 1.62. The maximum absolute atomic E-state index is 11.7. The molecule has 0 saturated carbocycles. The lowest BCUT2D eigenvalue weighted by Gasteiger charge is -1.97. The number of hydrogen-bond acceptors (Lipinski definition) is 0. The molecule has 0 fully saturated rings. The van der Waals surface area contributed by atoms with Crippen molar-refractivity contribution in [1.29, 1.82) is 0 Å². The van der Waals surface area contributed by atoms with Crippen LogP contribution in [0.3, 0.4) is 0 Å². The average molecular weight is 151 g/mol. The Morgan fingerprint density at radius 3 is 2.91 bits per heavy atom. The third kappa shape index (κ3) is 3.17. The van der Waals surface area contributed by atoms with E-state index in [9.17, 15) is 4.39 Å². The van der Waals surface area contributed by atoms with Gasteiger partial charge < -0.3 is 0 Å². The normalized spacial score (nSPS) is 9.91. The monoisotopic (exact) mass is 151 g/mol. The molecule has 1 aromatic rings. The average Bonchev–Trinajstić information content (AvgIpc) is 2.07. The SMILES string of the molecule is FCCCCc1c[c]ccc1. The lowest BCUT2D eigenvalue weighted by molar-refractivity contribution is 0.462. The highest BCUT2D eigenvalue weighted by Gasteiger charge is 1.90. The summed E-state index contributed by atoms with van der Waals surface area (Å²) in [6.07, 6.45) is 2.59. The molecule has 1 heteroatoms. The second-order valence-corrected chi connectivity index (χ2v) is 2.56. The molecule has 0 spiro atoms. The second kappa shape index (κ2) is 4.89. The Bertz CT molecular complexity index is 181. The Balaban J connectivity index is 2.28. The van der Waals surface area contributed by atoms with Gasteiger partial charge in [0.25, 0.3) is 0 Å². The standard InChI is InChI=1S/C10H12F/c11-9-5-4-8-10-6-2-1-3-7-10/h1-2,6-7H,4-5,8-9H2.